The van der Waals surface area contributed by atoms with Crippen molar-refractivity contribution < 1.29 is 0 Å². The van der Waals surface area contributed by atoms with Crippen molar-refractivity contribution in [2.24, 2.45) is 0 Å². The van der Waals surface area contributed by atoms with Crippen LogP contribution >= 0.6 is 15.9 Å². The summed E-state index contributed by atoms with van der Waals surface area (Å²) in [6.07, 6.45) is 0. The Balaban J connectivity index is 2.03. The lowest BCUT2D eigenvalue weighted by molar-refractivity contribution is 1.28. The van der Waals surface area contributed by atoms with E-state index in [1.807, 2.05) is 30.3 Å². The van der Waals surface area contributed by atoms with Gasteiger partial charge in [-0.3, -0.25) is 0 Å². The quantitative estimate of drug-likeness (QED) is 0.803. The molecule has 0 bridgehead atoms. The Morgan fingerprint density at radius 2 is 1.68 bits per heavy atom. The monoisotopic (exact) mass is 313 g/mol. The largest absolute Gasteiger partial charge is 0.374 e. The third kappa shape index (κ3) is 3.87. The molecule has 0 saturated carbocycles. The van der Waals surface area contributed by atoms with Crippen LogP contribution < -0.4 is 5.32 Å². The van der Waals surface area contributed by atoms with Gasteiger partial charge in [0.15, 0.2) is 0 Å². The van der Waals surface area contributed by atoms with Gasteiger partial charge in [0.05, 0.1) is 6.54 Å². The fourth-order valence-electron chi connectivity index (χ4n) is 1.99. The first-order valence-corrected chi connectivity index (χ1v) is 7.00. The first-order valence-electron chi connectivity index (χ1n) is 6.21. The summed E-state index contributed by atoms with van der Waals surface area (Å²) >= 11 is 3.50. The lowest BCUT2D eigenvalue weighted by Crippen LogP contribution is -2.02. The Bertz CT molecular complexity index is 598. The van der Waals surface area contributed by atoms with Gasteiger partial charge in [0.25, 0.3) is 0 Å². The molecule has 0 amide bonds. The summed E-state index contributed by atoms with van der Waals surface area (Å²) in [6, 6.07) is 14.3. The van der Waals surface area contributed by atoms with Crippen LogP contribution in [0.25, 0.3) is 0 Å². The van der Waals surface area contributed by atoms with Crippen LogP contribution in [0.2, 0.25) is 0 Å². The molecule has 1 nitrogen and oxygen atoms in total. The normalized spacial score (nSPS) is 9.63. The molecule has 2 heteroatoms. The van der Waals surface area contributed by atoms with E-state index in [1.165, 1.54) is 16.8 Å². The summed E-state index contributed by atoms with van der Waals surface area (Å²) < 4.78 is 1.11. The summed E-state index contributed by atoms with van der Waals surface area (Å²) in [5, 5.41) is 3.38. The second kappa shape index (κ2) is 6.45. The van der Waals surface area contributed by atoms with Gasteiger partial charge >= 0.3 is 0 Å². The molecule has 0 radical (unpaired) electrons. The fraction of sp³-hybridized carbons (Fsp3) is 0.176. The Morgan fingerprint density at radius 3 is 2.32 bits per heavy atom. The van der Waals surface area contributed by atoms with E-state index in [0.717, 1.165) is 10.0 Å². The lowest BCUT2D eigenvalue weighted by atomic mass is 10.1. The van der Waals surface area contributed by atoms with Crippen LogP contribution in [0.3, 0.4) is 0 Å². The highest BCUT2D eigenvalue weighted by atomic mass is 79.9. The van der Waals surface area contributed by atoms with Crippen LogP contribution in [0.1, 0.15) is 16.7 Å². The number of nitrogens with one attached hydrogen (secondary N) is 1. The van der Waals surface area contributed by atoms with E-state index in [9.17, 15) is 0 Å². The minimum absolute atomic E-state index is 0.651. The average Bonchev–Trinajstić information content (AvgIpc) is 2.38. The van der Waals surface area contributed by atoms with Crippen LogP contribution in [0, 0.1) is 25.7 Å². The van der Waals surface area contributed by atoms with Gasteiger partial charge in [0.1, 0.15) is 0 Å². The zero-order valence-electron chi connectivity index (χ0n) is 11.1. The molecular formula is C17H16BrN. The molecule has 2 aromatic carbocycles. The second-order valence-electron chi connectivity index (χ2n) is 4.44. The van der Waals surface area contributed by atoms with Gasteiger partial charge in [-0.1, -0.05) is 46.0 Å². The summed E-state index contributed by atoms with van der Waals surface area (Å²) in [5.41, 5.74) is 4.68. The molecule has 0 spiro atoms. The maximum atomic E-state index is 3.50. The molecule has 96 valence electrons. The molecule has 0 atom stereocenters. The third-order valence-electron chi connectivity index (χ3n) is 2.86. The summed E-state index contributed by atoms with van der Waals surface area (Å²) in [5.74, 6) is 6.29. The Labute approximate surface area is 123 Å². The van der Waals surface area contributed by atoms with Crippen molar-refractivity contribution in [3.05, 3.63) is 63.6 Å². The number of aryl methyl sites for hydroxylation is 2. The molecule has 2 rings (SSSR count). The minimum Gasteiger partial charge on any atom is -0.374 e. The number of hydrogen-bond acceptors (Lipinski definition) is 1. The minimum atomic E-state index is 0.651. The summed E-state index contributed by atoms with van der Waals surface area (Å²) in [6.45, 7) is 4.85. The molecule has 0 aromatic heterocycles. The standard InChI is InChI=1S/C17H16BrN/c1-13-11-16(18)12-14(2)17(13)19-10-6-9-15-7-4-3-5-8-15/h3-5,7-8,11-12,19H,10H2,1-2H3. The highest BCUT2D eigenvalue weighted by Crippen LogP contribution is 2.24. The molecule has 0 aliphatic heterocycles. The average molecular weight is 314 g/mol. The topological polar surface area (TPSA) is 12.0 Å². The molecule has 0 unspecified atom stereocenters. The predicted molar refractivity (Wildman–Crippen MR) is 85.4 cm³/mol. The number of anilines is 1. The first kappa shape index (κ1) is 13.7. The highest BCUT2D eigenvalue weighted by molar-refractivity contribution is 9.10. The van der Waals surface area contributed by atoms with Crippen molar-refractivity contribution in [1.29, 1.82) is 0 Å². The zero-order chi connectivity index (χ0) is 13.7. The summed E-state index contributed by atoms with van der Waals surface area (Å²) in [7, 11) is 0. The van der Waals surface area contributed by atoms with Crippen molar-refractivity contribution in [2.75, 3.05) is 11.9 Å². The zero-order valence-corrected chi connectivity index (χ0v) is 12.7. The number of hydrogen-bond donors (Lipinski definition) is 1. The number of halogens is 1. The van der Waals surface area contributed by atoms with Crippen molar-refractivity contribution in [1.82, 2.24) is 0 Å². The molecule has 1 N–H and O–H groups in total. The van der Waals surface area contributed by atoms with Gasteiger partial charge in [-0.05, 0) is 49.2 Å². The van der Waals surface area contributed by atoms with Crippen LogP contribution in [0.15, 0.2) is 46.9 Å². The Morgan fingerprint density at radius 1 is 1.05 bits per heavy atom. The van der Waals surface area contributed by atoms with Gasteiger partial charge < -0.3 is 5.32 Å². The van der Waals surface area contributed by atoms with Gasteiger partial charge in [-0.25, -0.2) is 0 Å². The second-order valence-corrected chi connectivity index (χ2v) is 5.35. The van der Waals surface area contributed by atoms with E-state index in [0.29, 0.717) is 6.54 Å². The SMILES string of the molecule is Cc1cc(Br)cc(C)c1NCC#Cc1ccccc1. The molecule has 0 aliphatic carbocycles. The van der Waals surface area contributed by atoms with Crippen molar-refractivity contribution in [3.63, 3.8) is 0 Å². The number of rotatable bonds is 2. The van der Waals surface area contributed by atoms with Gasteiger partial charge in [-0.2, -0.15) is 0 Å². The maximum Gasteiger partial charge on any atom is 0.0769 e. The number of benzene rings is 2. The van der Waals surface area contributed by atoms with Crippen molar-refractivity contribution in [3.8, 4) is 11.8 Å². The van der Waals surface area contributed by atoms with Crippen molar-refractivity contribution in [2.45, 2.75) is 13.8 Å². The van der Waals surface area contributed by atoms with E-state index < -0.39 is 0 Å². The van der Waals surface area contributed by atoms with E-state index in [2.05, 4.69) is 59.1 Å². The van der Waals surface area contributed by atoms with Gasteiger partial charge in [-0.15, -0.1) is 0 Å². The van der Waals surface area contributed by atoms with Gasteiger partial charge in [0.2, 0.25) is 0 Å². The molecule has 0 saturated heterocycles. The highest BCUT2D eigenvalue weighted by Gasteiger charge is 2.02. The Hall–Kier alpha value is -1.72. The smallest absolute Gasteiger partial charge is 0.0769 e. The van der Waals surface area contributed by atoms with E-state index >= 15 is 0 Å². The molecule has 0 fully saturated rings. The maximum absolute atomic E-state index is 3.50. The van der Waals surface area contributed by atoms with Crippen LogP contribution in [0.5, 0.6) is 0 Å². The van der Waals surface area contributed by atoms with Crippen LogP contribution in [-0.2, 0) is 0 Å². The van der Waals surface area contributed by atoms with E-state index in [-0.39, 0.29) is 0 Å². The van der Waals surface area contributed by atoms with Gasteiger partial charge in [0, 0.05) is 15.7 Å². The van der Waals surface area contributed by atoms with E-state index in [4.69, 9.17) is 0 Å². The Kier molecular flexibility index (Phi) is 4.65. The summed E-state index contributed by atoms with van der Waals surface area (Å²) in [4.78, 5) is 0. The molecular weight excluding hydrogens is 298 g/mol. The molecule has 19 heavy (non-hydrogen) atoms. The molecule has 0 heterocycles. The predicted octanol–water partition coefficient (Wildman–Crippen LogP) is 4.53. The molecule has 2 aromatic rings. The lowest BCUT2D eigenvalue weighted by Gasteiger charge is -2.11. The molecule has 0 aliphatic rings. The van der Waals surface area contributed by atoms with E-state index in [1.54, 1.807) is 0 Å². The van der Waals surface area contributed by atoms with Crippen LogP contribution in [0.4, 0.5) is 5.69 Å². The third-order valence-corrected chi connectivity index (χ3v) is 3.32. The van der Waals surface area contributed by atoms with Crippen molar-refractivity contribution >= 4 is 21.6 Å². The fourth-order valence-corrected chi connectivity index (χ4v) is 2.68. The first-order chi connectivity index (χ1) is 9.16. The van der Waals surface area contributed by atoms with Crippen LogP contribution in [-0.4, -0.2) is 6.54 Å².